The Morgan fingerprint density at radius 1 is 0.938 bits per heavy atom. The van der Waals surface area contributed by atoms with E-state index in [0.29, 0.717) is 0 Å². The predicted octanol–water partition coefficient (Wildman–Crippen LogP) is -2.83. The van der Waals surface area contributed by atoms with Gasteiger partial charge in [0.05, 0.1) is 19.8 Å². The van der Waals surface area contributed by atoms with Gasteiger partial charge in [-0.3, -0.25) is 14.5 Å². The van der Waals surface area contributed by atoms with E-state index in [9.17, 15) is 9.59 Å². The van der Waals surface area contributed by atoms with Crippen molar-refractivity contribution in [2.24, 2.45) is 0 Å². The zero-order valence-corrected chi connectivity index (χ0v) is 8.48. The Hall–Kier alpha value is -1.22. The van der Waals surface area contributed by atoms with Gasteiger partial charge in [0.25, 0.3) is 0 Å². The molecule has 5 N–H and O–H groups in total. The van der Waals surface area contributed by atoms with E-state index in [1.807, 2.05) is 0 Å². The molecule has 0 aromatic heterocycles. The van der Waals surface area contributed by atoms with Crippen LogP contribution >= 0.6 is 0 Å². The number of aliphatic carboxylic acids is 2. The molecule has 0 aromatic carbocycles. The number of aliphatic hydroxyl groups excluding tert-OH is 3. The molecule has 0 saturated heterocycles. The Balaban J connectivity index is 4.93. The smallest absolute Gasteiger partial charge is 0.323 e. The number of aliphatic hydroxyl groups is 3. The van der Waals surface area contributed by atoms with Crippen molar-refractivity contribution in [3.8, 4) is 0 Å². The van der Waals surface area contributed by atoms with Gasteiger partial charge in [-0.15, -0.1) is 0 Å². The molecule has 16 heavy (non-hydrogen) atoms. The summed E-state index contributed by atoms with van der Waals surface area (Å²) < 4.78 is 0. The highest BCUT2D eigenvalue weighted by molar-refractivity contribution is 5.77. The first-order valence-corrected chi connectivity index (χ1v) is 4.53. The molecule has 0 bridgehead atoms. The van der Waals surface area contributed by atoms with Crippen molar-refractivity contribution in [1.82, 2.24) is 4.90 Å². The third-order valence-electron chi connectivity index (χ3n) is 2.07. The van der Waals surface area contributed by atoms with Gasteiger partial charge in [0.1, 0.15) is 12.1 Å². The summed E-state index contributed by atoms with van der Waals surface area (Å²) in [5, 5.41) is 43.9. The maximum atomic E-state index is 10.7. The average Bonchev–Trinajstić information content (AvgIpc) is 2.18. The fourth-order valence-electron chi connectivity index (χ4n) is 1.29. The molecule has 0 aromatic rings. The molecule has 0 saturated carbocycles. The number of carbonyl (C=O) groups is 2. The van der Waals surface area contributed by atoms with Crippen LogP contribution in [0.2, 0.25) is 0 Å². The first-order chi connectivity index (χ1) is 7.49. The zero-order chi connectivity index (χ0) is 12.7. The maximum Gasteiger partial charge on any atom is 0.323 e. The highest BCUT2D eigenvalue weighted by Crippen LogP contribution is 2.06. The number of hydrogen-bond donors (Lipinski definition) is 5. The zero-order valence-electron chi connectivity index (χ0n) is 8.48. The van der Waals surface area contributed by atoms with Crippen LogP contribution in [0.4, 0.5) is 0 Å². The molecule has 0 fully saturated rings. The van der Waals surface area contributed by atoms with E-state index in [4.69, 9.17) is 25.5 Å². The van der Waals surface area contributed by atoms with Crippen molar-refractivity contribution in [2.75, 3.05) is 26.4 Å². The second-order valence-corrected chi connectivity index (χ2v) is 3.03. The Morgan fingerprint density at radius 2 is 1.31 bits per heavy atom. The van der Waals surface area contributed by atoms with Crippen LogP contribution in [0.1, 0.15) is 0 Å². The second-order valence-electron chi connectivity index (χ2n) is 3.03. The van der Waals surface area contributed by atoms with Crippen LogP contribution < -0.4 is 0 Å². The van der Waals surface area contributed by atoms with Gasteiger partial charge in [0.2, 0.25) is 0 Å². The van der Waals surface area contributed by atoms with Gasteiger partial charge < -0.3 is 25.5 Å². The van der Waals surface area contributed by atoms with E-state index in [0.717, 1.165) is 4.90 Å². The van der Waals surface area contributed by atoms with Crippen LogP contribution in [0.25, 0.3) is 0 Å². The van der Waals surface area contributed by atoms with Crippen molar-refractivity contribution in [3.05, 3.63) is 0 Å². The number of carboxylic acids is 2. The fourth-order valence-corrected chi connectivity index (χ4v) is 1.29. The molecule has 94 valence electrons. The molecular formula is C8H15NO7. The number of hydrogen-bond acceptors (Lipinski definition) is 6. The summed E-state index contributed by atoms with van der Waals surface area (Å²) >= 11 is 0. The number of carboxylic acid groups (broad SMARTS) is 2. The molecule has 8 heteroatoms. The molecule has 0 aliphatic heterocycles. The number of rotatable bonds is 8. The minimum absolute atomic E-state index is 0.269. The van der Waals surface area contributed by atoms with Gasteiger partial charge in [-0.05, 0) is 0 Å². The molecule has 0 amide bonds. The van der Waals surface area contributed by atoms with Crippen molar-refractivity contribution in [1.29, 1.82) is 0 Å². The molecule has 2 atom stereocenters. The summed E-state index contributed by atoms with van der Waals surface area (Å²) in [5.41, 5.74) is 0. The van der Waals surface area contributed by atoms with Crippen LogP contribution in [0.5, 0.6) is 0 Å². The van der Waals surface area contributed by atoms with E-state index < -0.39 is 43.8 Å². The fraction of sp³-hybridized carbons (Fsp3) is 0.750. The van der Waals surface area contributed by atoms with E-state index in [2.05, 4.69) is 0 Å². The molecule has 0 radical (unpaired) electrons. The standard InChI is InChI=1S/C8H15NO7/c10-2-1-9(5(3-11)7(13)14)6(4-12)8(15)16/h5-6,10-12H,1-4H2,(H,13,14)(H,15,16). The van der Waals surface area contributed by atoms with Gasteiger partial charge >= 0.3 is 11.9 Å². The van der Waals surface area contributed by atoms with Gasteiger partial charge in [0.15, 0.2) is 0 Å². The minimum atomic E-state index is -1.47. The van der Waals surface area contributed by atoms with Gasteiger partial charge in [-0.2, -0.15) is 0 Å². The quantitative estimate of drug-likeness (QED) is 0.304. The van der Waals surface area contributed by atoms with Gasteiger partial charge in [-0.25, -0.2) is 0 Å². The van der Waals surface area contributed by atoms with Crippen LogP contribution in [-0.4, -0.2) is 80.8 Å². The highest BCUT2D eigenvalue weighted by atomic mass is 16.4. The molecule has 0 heterocycles. The summed E-state index contributed by atoms with van der Waals surface area (Å²) in [7, 11) is 0. The summed E-state index contributed by atoms with van der Waals surface area (Å²) in [6, 6.07) is -2.94. The lowest BCUT2D eigenvalue weighted by Crippen LogP contribution is -2.54. The lowest BCUT2D eigenvalue weighted by Gasteiger charge is -2.31. The number of nitrogens with zero attached hydrogens (tertiary/aromatic N) is 1. The Kier molecular flexibility index (Phi) is 6.58. The Morgan fingerprint density at radius 3 is 1.50 bits per heavy atom. The molecule has 8 nitrogen and oxygen atoms in total. The molecule has 2 unspecified atom stereocenters. The third-order valence-corrected chi connectivity index (χ3v) is 2.07. The predicted molar refractivity (Wildman–Crippen MR) is 50.8 cm³/mol. The normalized spacial score (nSPS) is 14.8. The maximum absolute atomic E-state index is 10.7. The van der Waals surface area contributed by atoms with Crippen molar-refractivity contribution in [2.45, 2.75) is 12.1 Å². The summed E-state index contributed by atoms with van der Waals surface area (Å²) in [6.07, 6.45) is 0. The van der Waals surface area contributed by atoms with E-state index >= 15 is 0 Å². The highest BCUT2D eigenvalue weighted by Gasteiger charge is 2.34. The molecular weight excluding hydrogens is 222 g/mol. The monoisotopic (exact) mass is 237 g/mol. The first kappa shape index (κ1) is 14.8. The van der Waals surface area contributed by atoms with Crippen molar-refractivity contribution in [3.63, 3.8) is 0 Å². The summed E-state index contributed by atoms with van der Waals surface area (Å²) in [5.74, 6) is -2.84. The Bertz CT molecular complexity index is 223. The SMILES string of the molecule is O=C(O)C(CO)N(CCO)C(CO)C(=O)O. The lowest BCUT2D eigenvalue weighted by molar-refractivity contribution is -0.153. The van der Waals surface area contributed by atoms with E-state index in [1.54, 1.807) is 0 Å². The van der Waals surface area contributed by atoms with E-state index in [-0.39, 0.29) is 6.54 Å². The summed E-state index contributed by atoms with van der Waals surface area (Å²) in [6.45, 7) is -2.36. The van der Waals surface area contributed by atoms with Crippen molar-refractivity contribution < 1.29 is 35.1 Å². The lowest BCUT2D eigenvalue weighted by atomic mass is 10.1. The van der Waals surface area contributed by atoms with E-state index in [1.165, 1.54) is 0 Å². The van der Waals surface area contributed by atoms with Crippen LogP contribution in [0.15, 0.2) is 0 Å². The van der Waals surface area contributed by atoms with Crippen LogP contribution in [0.3, 0.4) is 0 Å². The van der Waals surface area contributed by atoms with Crippen molar-refractivity contribution >= 4 is 11.9 Å². The molecule has 0 aliphatic carbocycles. The second kappa shape index (κ2) is 7.12. The molecule has 0 spiro atoms. The Labute approximate surface area is 91.3 Å². The third kappa shape index (κ3) is 3.74. The van der Waals surface area contributed by atoms with Crippen LogP contribution in [0, 0.1) is 0 Å². The minimum Gasteiger partial charge on any atom is -0.480 e. The topological polar surface area (TPSA) is 139 Å². The largest absolute Gasteiger partial charge is 0.480 e. The first-order valence-electron chi connectivity index (χ1n) is 4.53. The van der Waals surface area contributed by atoms with Gasteiger partial charge in [0, 0.05) is 6.54 Å². The van der Waals surface area contributed by atoms with Crippen LogP contribution in [-0.2, 0) is 9.59 Å². The molecule has 0 aliphatic rings. The van der Waals surface area contributed by atoms with Gasteiger partial charge in [-0.1, -0.05) is 0 Å². The summed E-state index contributed by atoms with van der Waals surface area (Å²) in [4.78, 5) is 22.3. The average molecular weight is 237 g/mol. The molecule has 0 rings (SSSR count).